The van der Waals surface area contributed by atoms with Crippen LogP contribution in [-0.4, -0.2) is 38.5 Å². The van der Waals surface area contributed by atoms with Gasteiger partial charge in [0, 0.05) is 24.4 Å². The topological polar surface area (TPSA) is 97.1 Å². The van der Waals surface area contributed by atoms with Crippen molar-refractivity contribution in [3.8, 4) is 11.5 Å². The maximum absolute atomic E-state index is 12.4. The van der Waals surface area contributed by atoms with Crippen LogP contribution in [0, 0.1) is 0 Å². The Morgan fingerprint density at radius 2 is 1.93 bits per heavy atom. The molecule has 3 aromatic rings. The lowest BCUT2D eigenvalue weighted by Crippen LogP contribution is -2.20. The predicted octanol–water partition coefficient (Wildman–Crippen LogP) is 4.42. The zero-order chi connectivity index (χ0) is 20.9. The lowest BCUT2D eigenvalue weighted by Gasteiger charge is -2.12. The van der Waals surface area contributed by atoms with Gasteiger partial charge in [-0.2, -0.15) is 0 Å². The first kappa shape index (κ1) is 19.5. The normalized spacial score (nSPS) is 13.2. The van der Waals surface area contributed by atoms with Crippen LogP contribution in [-0.2, 0) is 0 Å². The van der Waals surface area contributed by atoms with Crippen molar-refractivity contribution >= 4 is 29.3 Å². The molecule has 1 aromatic carbocycles. The molecule has 1 aliphatic heterocycles. The maximum atomic E-state index is 12.4. The molecule has 152 valence electrons. The van der Waals surface area contributed by atoms with Crippen LogP contribution in [0.5, 0.6) is 0 Å². The molecule has 2 aromatic heterocycles. The summed E-state index contributed by atoms with van der Waals surface area (Å²) in [5.41, 5.74) is 3.73. The molecule has 0 saturated carbocycles. The van der Waals surface area contributed by atoms with Crippen molar-refractivity contribution in [2.75, 3.05) is 17.2 Å². The number of amides is 2. The number of carbonyl (C=O) groups is 1. The third kappa shape index (κ3) is 4.43. The summed E-state index contributed by atoms with van der Waals surface area (Å²) in [6, 6.07) is 13.0. The molecule has 0 atom stereocenters. The van der Waals surface area contributed by atoms with E-state index in [4.69, 9.17) is 0 Å². The minimum absolute atomic E-state index is 0.205. The van der Waals surface area contributed by atoms with Gasteiger partial charge in [0.2, 0.25) is 0 Å². The van der Waals surface area contributed by atoms with E-state index >= 15 is 0 Å². The summed E-state index contributed by atoms with van der Waals surface area (Å²) in [7, 11) is 0. The van der Waals surface area contributed by atoms with Gasteiger partial charge in [0.25, 0.3) is 0 Å². The monoisotopic (exact) mass is 401 g/mol. The summed E-state index contributed by atoms with van der Waals surface area (Å²) in [6.45, 7) is 4.81. The van der Waals surface area contributed by atoms with Gasteiger partial charge in [0.15, 0.2) is 5.82 Å². The molecule has 2 N–H and O–H groups in total. The number of aliphatic imine (C=N–C) groups is 1. The van der Waals surface area contributed by atoms with E-state index in [1.54, 1.807) is 12.4 Å². The molecular formula is C22H23N7O. The van der Waals surface area contributed by atoms with Crippen LogP contribution in [0.4, 0.5) is 16.3 Å². The van der Waals surface area contributed by atoms with Crippen molar-refractivity contribution in [1.29, 1.82) is 0 Å². The fourth-order valence-corrected chi connectivity index (χ4v) is 3.20. The van der Waals surface area contributed by atoms with Gasteiger partial charge in [-0.05, 0) is 49.2 Å². The standard InChI is InChI=1S/C22H23N7O/c1-15(2)29-14-24-28-21(29)19-4-3-5-20(26-19)27-22(30)25-18-8-6-16(7-9-18)17-10-12-23-13-11-17/h3-10,13-15H,11-12H2,1-2H3,(H2,25,26,27,30). The summed E-state index contributed by atoms with van der Waals surface area (Å²) in [4.78, 5) is 21.1. The van der Waals surface area contributed by atoms with Gasteiger partial charge in [-0.3, -0.25) is 10.3 Å². The fourth-order valence-electron chi connectivity index (χ4n) is 3.20. The van der Waals surface area contributed by atoms with E-state index in [0.29, 0.717) is 23.0 Å². The first-order valence-electron chi connectivity index (χ1n) is 9.83. The van der Waals surface area contributed by atoms with Crippen LogP contribution in [0.25, 0.3) is 17.1 Å². The molecular weight excluding hydrogens is 378 g/mol. The van der Waals surface area contributed by atoms with Gasteiger partial charge in [-0.1, -0.05) is 24.3 Å². The van der Waals surface area contributed by atoms with E-state index in [0.717, 1.165) is 18.5 Å². The molecule has 4 rings (SSSR count). The van der Waals surface area contributed by atoms with Crippen LogP contribution in [0.1, 0.15) is 31.9 Å². The highest BCUT2D eigenvalue weighted by molar-refractivity contribution is 5.99. The molecule has 30 heavy (non-hydrogen) atoms. The minimum atomic E-state index is -0.359. The lowest BCUT2D eigenvalue weighted by molar-refractivity contribution is 0.262. The second kappa shape index (κ2) is 8.69. The largest absolute Gasteiger partial charge is 0.324 e. The van der Waals surface area contributed by atoms with Gasteiger partial charge in [0.1, 0.15) is 17.8 Å². The molecule has 0 saturated heterocycles. The summed E-state index contributed by atoms with van der Waals surface area (Å²) in [5, 5.41) is 13.7. The summed E-state index contributed by atoms with van der Waals surface area (Å²) >= 11 is 0. The molecule has 3 heterocycles. The van der Waals surface area contributed by atoms with Gasteiger partial charge >= 0.3 is 6.03 Å². The second-order valence-electron chi connectivity index (χ2n) is 7.20. The molecule has 0 spiro atoms. The quantitative estimate of drug-likeness (QED) is 0.661. The summed E-state index contributed by atoms with van der Waals surface area (Å²) in [5.74, 6) is 1.10. The third-order valence-electron chi connectivity index (χ3n) is 4.75. The molecule has 0 unspecified atom stereocenters. The van der Waals surface area contributed by atoms with Crippen molar-refractivity contribution in [3.05, 3.63) is 60.4 Å². The molecule has 8 nitrogen and oxygen atoms in total. The zero-order valence-electron chi connectivity index (χ0n) is 16.9. The van der Waals surface area contributed by atoms with Crippen molar-refractivity contribution in [1.82, 2.24) is 19.7 Å². The Bertz CT molecular complexity index is 1100. The maximum Gasteiger partial charge on any atom is 0.324 e. The number of urea groups is 1. The number of anilines is 2. The van der Waals surface area contributed by atoms with E-state index in [1.807, 2.05) is 61.0 Å². The van der Waals surface area contributed by atoms with Crippen LogP contribution in [0.2, 0.25) is 0 Å². The molecule has 0 radical (unpaired) electrons. The SMILES string of the molecule is CC(C)n1cnnc1-c1cccc(NC(=O)Nc2ccc(C3=CCN=CC3)cc2)n1. The number of hydrogen-bond donors (Lipinski definition) is 2. The van der Waals surface area contributed by atoms with Crippen LogP contribution < -0.4 is 10.6 Å². The number of aromatic nitrogens is 4. The molecule has 0 bridgehead atoms. The third-order valence-corrected chi connectivity index (χ3v) is 4.75. The first-order valence-corrected chi connectivity index (χ1v) is 9.83. The molecule has 2 amide bonds. The number of benzene rings is 1. The van der Waals surface area contributed by atoms with Crippen molar-refractivity contribution < 1.29 is 4.79 Å². The Morgan fingerprint density at radius 3 is 2.67 bits per heavy atom. The average Bonchev–Trinajstić information content (AvgIpc) is 3.25. The second-order valence-corrected chi connectivity index (χ2v) is 7.20. The highest BCUT2D eigenvalue weighted by Gasteiger charge is 2.12. The van der Waals surface area contributed by atoms with E-state index < -0.39 is 0 Å². The van der Waals surface area contributed by atoms with Crippen LogP contribution >= 0.6 is 0 Å². The van der Waals surface area contributed by atoms with Gasteiger partial charge in [-0.15, -0.1) is 10.2 Å². The van der Waals surface area contributed by atoms with E-state index in [-0.39, 0.29) is 12.1 Å². The average molecular weight is 401 g/mol. The first-order chi connectivity index (χ1) is 14.6. The molecule has 1 aliphatic rings. The van der Waals surface area contributed by atoms with Crippen molar-refractivity contribution in [2.24, 2.45) is 4.99 Å². The van der Waals surface area contributed by atoms with E-state index in [2.05, 4.69) is 36.9 Å². The number of pyridine rings is 1. The molecule has 8 heteroatoms. The van der Waals surface area contributed by atoms with Crippen LogP contribution in [0.15, 0.2) is 59.9 Å². The zero-order valence-corrected chi connectivity index (χ0v) is 16.9. The van der Waals surface area contributed by atoms with Gasteiger partial charge in [-0.25, -0.2) is 9.78 Å². The van der Waals surface area contributed by atoms with E-state index in [9.17, 15) is 4.79 Å². The van der Waals surface area contributed by atoms with E-state index in [1.165, 1.54) is 5.57 Å². The van der Waals surface area contributed by atoms with Crippen LogP contribution in [0.3, 0.4) is 0 Å². The summed E-state index contributed by atoms with van der Waals surface area (Å²) < 4.78 is 1.93. The summed E-state index contributed by atoms with van der Waals surface area (Å²) in [6.07, 6.45) is 6.56. The Labute approximate surface area is 174 Å². The lowest BCUT2D eigenvalue weighted by atomic mass is 10.0. The number of carbonyl (C=O) groups excluding carboxylic acids is 1. The number of hydrogen-bond acceptors (Lipinski definition) is 5. The molecule has 0 aliphatic carbocycles. The predicted molar refractivity (Wildman–Crippen MR) is 119 cm³/mol. The highest BCUT2D eigenvalue weighted by atomic mass is 16.2. The Morgan fingerprint density at radius 1 is 1.10 bits per heavy atom. The van der Waals surface area contributed by atoms with Gasteiger partial charge in [0.05, 0.1) is 6.54 Å². The number of allylic oxidation sites excluding steroid dienone is 1. The van der Waals surface area contributed by atoms with Gasteiger partial charge < -0.3 is 9.88 Å². The Hall–Kier alpha value is -3.81. The smallest absolute Gasteiger partial charge is 0.310 e. The number of dihydropyridines is 1. The minimum Gasteiger partial charge on any atom is -0.310 e. The number of nitrogens with zero attached hydrogens (tertiary/aromatic N) is 5. The number of rotatable bonds is 5. The Kier molecular flexibility index (Phi) is 5.65. The fraction of sp³-hybridized carbons (Fsp3) is 0.227. The number of nitrogens with one attached hydrogen (secondary N) is 2. The Balaban J connectivity index is 1.42. The van der Waals surface area contributed by atoms with Crippen molar-refractivity contribution in [3.63, 3.8) is 0 Å². The molecule has 0 fully saturated rings. The highest BCUT2D eigenvalue weighted by Crippen LogP contribution is 2.22. The van der Waals surface area contributed by atoms with Crippen molar-refractivity contribution in [2.45, 2.75) is 26.3 Å².